The summed E-state index contributed by atoms with van der Waals surface area (Å²) in [6.45, 7) is 4.09. The van der Waals surface area contributed by atoms with Crippen LogP contribution in [0.25, 0.3) is 5.69 Å². The van der Waals surface area contributed by atoms with Gasteiger partial charge < -0.3 is 15.1 Å². The van der Waals surface area contributed by atoms with Crippen LogP contribution in [0.4, 0.5) is 0 Å². The third-order valence-electron chi connectivity index (χ3n) is 4.02. The van der Waals surface area contributed by atoms with Crippen molar-refractivity contribution in [2.45, 2.75) is 19.4 Å². The fourth-order valence-electron chi connectivity index (χ4n) is 2.36. The van der Waals surface area contributed by atoms with Crippen LogP contribution in [0.2, 0.25) is 0 Å². The van der Waals surface area contributed by atoms with E-state index in [1.54, 1.807) is 11.0 Å². The zero-order chi connectivity index (χ0) is 17.5. The number of rotatable bonds is 7. The standard InChI is InChI=1S/C17H26N6S/c1-14(22(4)17(24)19-10-5-11-21(2)3)15-6-8-16(9-7-15)23-13-18-12-20-23/h6-9,12-14H,5,10-11H2,1-4H3,(H,19,24)/t14-/m1/s1. The molecule has 7 heteroatoms. The number of hydrogen-bond acceptors (Lipinski definition) is 4. The van der Waals surface area contributed by atoms with Gasteiger partial charge in [-0.15, -0.1) is 0 Å². The minimum atomic E-state index is 0.198. The summed E-state index contributed by atoms with van der Waals surface area (Å²) >= 11 is 5.50. The minimum Gasteiger partial charge on any atom is -0.363 e. The molecule has 0 radical (unpaired) electrons. The van der Waals surface area contributed by atoms with Crippen LogP contribution in [-0.2, 0) is 0 Å². The van der Waals surface area contributed by atoms with E-state index in [2.05, 4.69) is 58.4 Å². The zero-order valence-electron chi connectivity index (χ0n) is 14.8. The van der Waals surface area contributed by atoms with E-state index in [1.807, 2.05) is 19.2 Å². The molecule has 0 aliphatic heterocycles. The van der Waals surface area contributed by atoms with Crippen molar-refractivity contribution in [2.75, 3.05) is 34.2 Å². The normalized spacial score (nSPS) is 12.2. The number of nitrogens with one attached hydrogen (secondary N) is 1. The Balaban J connectivity index is 1.90. The third kappa shape index (κ3) is 5.01. The van der Waals surface area contributed by atoms with Crippen LogP contribution in [0, 0.1) is 0 Å². The maximum Gasteiger partial charge on any atom is 0.169 e. The Labute approximate surface area is 149 Å². The van der Waals surface area contributed by atoms with Crippen molar-refractivity contribution in [1.82, 2.24) is 29.9 Å². The van der Waals surface area contributed by atoms with Crippen molar-refractivity contribution in [2.24, 2.45) is 0 Å². The Morgan fingerprint density at radius 2 is 1.96 bits per heavy atom. The van der Waals surface area contributed by atoms with E-state index in [0.717, 1.165) is 30.3 Å². The van der Waals surface area contributed by atoms with Gasteiger partial charge in [-0.3, -0.25) is 0 Å². The average molecular weight is 347 g/mol. The monoisotopic (exact) mass is 346 g/mol. The molecule has 0 fully saturated rings. The third-order valence-corrected chi connectivity index (χ3v) is 4.45. The largest absolute Gasteiger partial charge is 0.363 e. The van der Waals surface area contributed by atoms with Gasteiger partial charge in [0.1, 0.15) is 12.7 Å². The summed E-state index contributed by atoms with van der Waals surface area (Å²) in [5.74, 6) is 0. The molecule has 0 amide bonds. The van der Waals surface area contributed by atoms with E-state index in [-0.39, 0.29) is 6.04 Å². The Morgan fingerprint density at radius 1 is 1.25 bits per heavy atom. The van der Waals surface area contributed by atoms with Crippen molar-refractivity contribution in [1.29, 1.82) is 0 Å². The number of hydrogen-bond donors (Lipinski definition) is 1. The van der Waals surface area contributed by atoms with Gasteiger partial charge in [-0.05, 0) is 63.9 Å². The highest BCUT2D eigenvalue weighted by Crippen LogP contribution is 2.20. The molecule has 2 aromatic rings. The van der Waals surface area contributed by atoms with Crippen LogP contribution in [-0.4, -0.2) is 63.9 Å². The van der Waals surface area contributed by atoms with Crippen molar-refractivity contribution >= 4 is 17.3 Å². The second-order valence-electron chi connectivity index (χ2n) is 6.11. The molecule has 0 aliphatic rings. The van der Waals surface area contributed by atoms with Crippen molar-refractivity contribution in [3.8, 4) is 5.69 Å². The summed E-state index contributed by atoms with van der Waals surface area (Å²) in [6, 6.07) is 8.49. The summed E-state index contributed by atoms with van der Waals surface area (Å²) < 4.78 is 1.75. The lowest BCUT2D eigenvalue weighted by molar-refractivity contribution is 0.383. The maximum absolute atomic E-state index is 5.50. The first-order chi connectivity index (χ1) is 11.5. The summed E-state index contributed by atoms with van der Waals surface area (Å²) in [5.41, 5.74) is 2.20. The van der Waals surface area contributed by atoms with Crippen molar-refractivity contribution in [3.63, 3.8) is 0 Å². The Bertz CT molecular complexity index is 623. The first-order valence-corrected chi connectivity index (χ1v) is 8.50. The van der Waals surface area contributed by atoms with Gasteiger partial charge in [0.2, 0.25) is 0 Å². The van der Waals surface area contributed by atoms with Crippen LogP contribution < -0.4 is 5.32 Å². The molecular formula is C17H26N6S. The fraction of sp³-hybridized carbons (Fsp3) is 0.471. The Morgan fingerprint density at radius 3 is 2.54 bits per heavy atom. The van der Waals surface area contributed by atoms with Gasteiger partial charge in [-0.1, -0.05) is 12.1 Å². The topological polar surface area (TPSA) is 49.2 Å². The van der Waals surface area contributed by atoms with Gasteiger partial charge in [0.25, 0.3) is 0 Å². The molecule has 1 N–H and O–H groups in total. The highest BCUT2D eigenvalue weighted by atomic mass is 32.1. The van der Waals surface area contributed by atoms with Gasteiger partial charge in [0.05, 0.1) is 11.7 Å². The SMILES string of the molecule is C[C@H](c1ccc(-n2cncn2)cc1)N(C)C(=S)NCCCN(C)C. The van der Waals surface area contributed by atoms with Gasteiger partial charge in [-0.2, -0.15) is 5.10 Å². The Kier molecular flexibility index (Phi) is 6.69. The van der Waals surface area contributed by atoms with Crippen molar-refractivity contribution < 1.29 is 0 Å². The predicted octanol–water partition coefficient (Wildman–Crippen LogP) is 2.09. The van der Waals surface area contributed by atoms with Gasteiger partial charge >= 0.3 is 0 Å². The molecule has 1 aromatic heterocycles. The summed E-state index contributed by atoms with van der Waals surface area (Å²) in [7, 11) is 6.18. The first-order valence-electron chi connectivity index (χ1n) is 8.09. The Hall–Kier alpha value is -1.99. The smallest absolute Gasteiger partial charge is 0.169 e. The highest BCUT2D eigenvalue weighted by molar-refractivity contribution is 7.80. The molecule has 1 atom stereocenters. The number of benzene rings is 1. The average Bonchev–Trinajstić information content (AvgIpc) is 3.11. The molecule has 1 heterocycles. The molecule has 6 nitrogen and oxygen atoms in total. The van der Waals surface area contributed by atoms with Gasteiger partial charge in [-0.25, -0.2) is 9.67 Å². The lowest BCUT2D eigenvalue weighted by Crippen LogP contribution is -2.39. The molecule has 1 aromatic carbocycles. The molecule has 0 bridgehead atoms. The maximum atomic E-state index is 5.50. The van der Waals surface area contributed by atoms with Crippen LogP contribution in [0.15, 0.2) is 36.9 Å². The molecular weight excluding hydrogens is 320 g/mol. The van der Waals surface area contributed by atoms with Crippen LogP contribution in [0.1, 0.15) is 24.9 Å². The second-order valence-corrected chi connectivity index (χ2v) is 6.49. The summed E-state index contributed by atoms with van der Waals surface area (Å²) in [6.07, 6.45) is 4.30. The van der Waals surface area contributed by atoms with Crippen LogP contribution in [0.5, 0.6) is 0 Å². The molecule has 130 valence electrons. The van der Waals surface area contributed by atoms with Crippen LogP contribution in [0.3, 0.4) is 0 Å². The molecule has 0 saturated heterocycles. The molecule has 0 aliphatic carbocycles. The molecule has 0 saturated carbocycles. The summed E-state index contributed by atoms with van der Waals surface area (Å²) in [5, 5.41) is 8.25. The second kappa shape index (κ2) is 8.75. The van der Waals surface area contributed by atoms with Crippen molar-refractivity contribution in [3.05, 3.63) is 42.5 Å². The molecule has 0 spiro atoms. The summed E-state index contributed by atoms with van der Waals surface area (Å²) in [4.78, 5) is 8.24. The number of nitrogens with zero attached hydrogens (tertiary/aromatic N) is 5. The van der Waals surface area contributed by atoms with Gasteiger partial charge in [0.15, 0.2) is 5.11 Å². The van der Waals surface area contributed by atoms with E-state index >= 15 is 0 Å². The van der Waals surface area contributed by atoms with E-state index in [0.29, 0.717) is 0 Å². The molecule has 2 rings (SSSR count). The van der Waals surface area contributed by atoms with Crippen LogP contribution >= 0.6 is 12.2 Å². The number of aromatic nitrogens is 3. The van der Waals surface area contributed by atoms with E-state index < -0.39 is 0 Å². The molecule has 0 unspecified atom stereocenters. The first kappa shape index (κ1) is 18.4. The number of thiocarbonyl (C=S) groups is 1. The highest BCUT2D eigenvalue weighted by Gasteiger charge is 2.14. The lowest BCUT2D eigenvalue weighted by Gasteiger charge is -2.28. The van der Waals surface area contributed by atoms with E-state index in [4.69, 9.17) is 12.2 Å². The predicted molar refractivity (Wildman–Crippen MR) is 101 cm³/mol. The van der Waals surface area contributed by atoms with Gasteiger partial charge in [0, 0.05) is 13.6 Å². The molecule has 24 heavy (non-hydrogen) atoms. The van der Waals surface area contributed by atoms with E-state index in [1.165, 1.54) is 11.9 Å². The van der Waals surface area contributed by atoms with E-state index in [9.17, 15) is 0 Å². The fourth-order valence-corrected chi connectivity index (χ4v) is 2.62. The lowest BCUT2D eigenvalue weighted by atomic mass is 10.1. The zero-order valence-corrected chi connectivity index (χ0v) is 15.6. The minimum absolute atomic E-state index is 0.198. The quantitative estimate of drug-likeness (QED) is 0.612.